The van der Waals surface area contributed by atoms with Crippen molar-refractivity contribution in [2.75, 3.05) is 10.6 Å². The molecule has 0 aliphatic carbocycles. The standard InChI is InChI=1S/C28H29N3O2/c1-18-9-13-21(14-10-18)29-26(32)24(27(33)30-22-15-11-19(2)12-16-22)25-23-8-6-5-7-20(23)17-28(3,4)31-25/h5-16,24H,17H2,1-4H3,(H,29,32)(H,30,33). The molecule has 2 N–H and O–H groups in total. The van der Waals surface area contributed by atoms with Gasteiger partial charge in [-0.05, 0) is 63.9 Å². The number of aryl methyl sites for hydroxylation is 2. The Hall–Kier alpha value is -3.73. The van der Waals surface area contributed by atoms with Crippen molar-refractivity contribution in [3.63, 3.8) is 0 Å². The van der Waals surface area contributed by atoms with E-state index in [-0.39, 0.29) is 0 Å². The molecule has 5 nitrogen and oxygen atoms in total. The first-order chi connectivity index (χ1) is 15.7. The van der Waals surface area contributed by atoms with Gasteiger partial charge in [-0.2, -0.15) is 0 Å². The highest BCUT2D eigenvalue weighted by Crippen LogP contribution is 2.30. The van der Waals surface area contributed by atoms with Crippen molar-refractivity contribution in [3.05, 3.63) is 95.1 Å². The molecule has 1 aliphatic rings. The Morgan fingerprint density at radius 2 is 1.27 bits per heavy atom. The van der Waals surface area contributed by atoms with Gasteiger partial charge >= 0.3 is 0 Å². The molecule has 0 fully saturated rings. The molecule has 0 aromatic heterocycles. The van der Waals surface area contributed by atoms with Crippen molar-refractivity contribution in [3.8, 4) is 0 Å². The van der Waals surface area contributed by atoms with Crippen molar-refractivity contribution < 1.29 is 9.59 Å². The quantitative estimate of drug-likeness (QED) is 0.528. The van der Waals surface area contributed by atoms with Gasteiger partial charge in [0.2, 0.25) is 11.8 Å². The van der Waals surface area contributed by atoms with Crippen LogP contribution < -0.4 is 10.6 Å². The number of fused-ring (bicyclic) bond motifs is 1. The van der Waals surface area contributed by atoms with Crippen molar-refractivity contribution in [1.29, 1.82) is 0 Å². The average Bonchev–Trinajstić information content (AvgIpc) is 2.76. The van der Waals surface area contributed by atoms with Gasteiger partial charge in [0.05, 0.1) is 11.3 Å². The fourth-order valence-corrected chi connectivity index (χ4v) is 4.11. The molecule has 0 bridgehead atoms. The van der Waals surface area contributed by atoms with E-state index in [1.54, 1.807) is 0 Å². The second-order valence-electron chi connectivity index (χ2n) is 9.29. The highest BCUT2D eigenvalue weighted by atomic mass is 16.2. The maximum absolute atomic E-state index is 13.6. The number of hydrogen-bond acceptors (Lipinski definition) is 3. The molecule has 3 aromatic carbocycles. The lowest BCUT2D eigenvalue weighted by molar-refractivity contribution is -0.126. The average molecular weight is 440 g/mol. The number of nitrogens with one attached hydrogen (secondary N) is 2. The van der Waals surface area contributed by atoms with Gasteiger partial charge in [0.1, 0.15) is 0 Å². The zero-order valence-electron chi connectivity index (χ0n) is 19.5. The van der Waals surface area contributed by atoms with E-state index in [2.05, 4.69) is 10.6 Å². The monoisotopic (exact) mass is 439 g/mol. The molecular weight excluding hydrogens is 410 g/mol. The van der Waals surface area contributed by atoms with Crippen molar-refractivity contribution >= 4 is 28.9 Å². The predicted molar refractivity (Wildman–Crippen MR) is 134 cm³/mol. The molecule has 0 unspecified atom stereocenters. The second kappa shape index (κ2) is 9.02. The summed E-state index contributed by atoms with van der Waals surface area (Å²) in [6.07, 6.45) is 0.749. The fourth-order valence-electron chi connectivity index (χ4n) is 4.11. The number of nitrogens with zero attached hydrogens (tertiary/aromatic N) is 1. The summed E-state index contributed by atoms with van der Waals surface area (Å²) in [6.45, 7) is 8.02. The van der Waals surface area contributed by atoms with Gasteiger partial charge in [0.15, 0.2) is 5.92 Å². The Labute approximate surface area is 195 Å². The first kappa shape index (κ1) is 22.5. The predicted octanol–water partition coefficient (Wildman–Crippen LogP) is 5.32. The van der Waals surface area contributed by atoms with Gasteiger partial charge in [0, 0.05) is 16.9 Å². The van der Waals surface area contributed by atoms with Crippen LogP contribution in [0.4, 0.5) is 11.4 Å². The molecule has 0 atom stereocenters. The van der Waals surface area contributed by atoms with E-state index in [0.29, 0.717) is 17.1 Å². The van der Waals surface area contributed by atoms with Crippen LogP contribution in [0.3, 0.4) is 0 Å². The third kappa shape index (κ3) is 5.20. The van der Waals surface area contributed by atoms with Crippen LogP contribution >= 0.6 is 0 Å². The molecule has 0 radical (unpaired) electrons. The number of rotatable bonds is 5. The van der Waals surface area contributed by atoms with Gasteiger partial charge in [0.25, 0.3) is 0 Å². The highest BCUT2D eigenvalue weighted by Gasteiger charge is 2.38. The van der Waals surface area contributed by atoms with Crippen molar-refractivity contribution in [2.45, 2.75) is 39.7 Å². The SMILES string of the molecule is Cc1ccc(NC(=O)C(C(=O)Nc2ccc(C)cc2)C2=NC(C)(C)Cc3ccccc32)cc1. The van der Waals surface area contributed by atoms with Gasteiger partial charge in [-0.15, -0.1) is 0 Å². The summed E-state index contributed by atoms with van der Waals surface area (Å²) >= 11 is 0. The summed E-state index contributed by atoms with van der Waals surface area (Å²) in [5.41, 5.74) is 5.48. The summed E-state index contributed by atoms with van der Waals surface area (Å²) in [5, 5.41) is 5.84. The van der Waals surface area contributed by atoms with E-state index >= 15 is 0 Å². The fraction of sp³-hybridized carbons (Fsp3) is 0.250. The molecule has 33 heavy (non-hydrogen) atoms. The summed E-state index contributed by atoms with van der Waals surface area (Å²) in [6, 6.07) is 22.9. The van der Waals surface area contributed by atoms with E-state index in [0.717, 1.165) is 28.7 Å². The van der Waals surface area contributed by atoms with Gasteiger partial charge in [-0.25, -0.2) is 0 Å². The Morgan fingerprint density at radius 1 is 0.788 bits per heavy atom. The number of carbonyl (C=O) groups excluding carboxylic acids is 2. The molecule has 3 aromatic rings. The lowest BCUT2D eigenvalue weighted by Crippen LogP contribution is -2.43. The first-order valence-corrected chi connectivity index (χ1v) is 11.1. The third-order valence-electron chi connectivity index (χ3n) is 5.78. The molecule has 0 saturated carbocycles. The van der Waals surface area contributed by atoms with E-state index < -0.39 is 23.3 Å². The second-order valence-corrected chi connectivity index (χ2v) is 9.29. The van der Waals surface area contributed by atoms with Crippen molar-refractivity contribution in [2.24, 2.45) is 10.9 Å². The maximum Gasteiger partial charge on any atom is 0.243 e. The van der Waals surface area contributed by atoms with Crippen molar-refractivity contribution in [1.82, 2.24) is 0 Å². The smallest absolute Gasteiger partial charge is 0.243 e. The number of hydrogen-bond donors (Lipinski definition) is 2. The van der Waals surface area contributed by atoms with Crippen LogP contribution in [0.5, 0.6) is 0 Å². The van der Waals surface area contributed by atoms with E-state index in [1.165, 1.54) is 0 Å². The number of amides is 2. The third-order valence-corrected chi connectivity index (χ3v) is 5.78. The van der Waals surface area contributed by atoms with Crippen LogP contribution in [0.15, 0.2) is 77.8 Å². The largest absolute Gasteiger partial charge is 0.325 e. The van der Waals surface area contributed by atoms with Crippen LogP contribution in [0.25, 0.3) is 0 Å². The van der Waals surface area contributed by atoms with E-state index in [4.69, 9.17) is 4.99 Å². The number of anilines is 2. The Morgan fingerprint density at radius 3 is 1.79 bits per heavy atom. The lowest BCUT2D eigenvalue weighted by Gasteiger charge is -2.31. The summed E-state index contributed by atoms with van der Waals surface area (Å²) < 4.78 is 0. The zero-order valence-corrected chi connectivity index (χ0v) is 19.5. The van der Waals surface area contributed by atoms with Crippen LogP contribution in [-0.2, 0) is 16.0 Å². The molecular formula is C28H29N3O2. The Kier molecular flexibility index (Phi) is 6.14. The minimum atomic E-state index is -1.10. The normalized spacial score (nSPS) is 14.3. The number of carbonyl (C=O) groups is 2. The highest BCUT2D eigenvalue weighted by molar-refractivity contribution is 6.30. The molecule has 0 saturated heterocycles. The topological polar surface area (TPSA) is 70.6 Å². The van der Waals surface area contributed by atoms with Gasteiger partial charge < -0.3 is 10.6 Å². The molecule has 4 rings (SSSR count). The summed E-state index contributed by atoms with van der Waals surface area (Å²) in [5.74, 6) is -1.92. The number of aliphatic imine (C=N–C) groups is 1. The maximum atomic E-state index is 13.6. The van der Waals surface area contributed by atoms with Crippen LogP contribution in [0.2, 0.25) is 0 Å². The van der Waals surface area contributed by atoms with E-state index in [1.807, 2.05) is 100 Å². The molecule has 168 valence electrons. The molecule has 1 heterocycles. The molecule has 1 aliphatic heterocycles. The molecule has 5 heteroatoms. The minimum absolute atomic E-state index is 0.408. The zero-order chi connectivity index (χ0) is 23.6. The first-order valence-electron chi connectivity index (χ1n) is 11.1. The van der Waals surface area contributed by atoms with E-state index in [9.17, 15) is 9.59 Å². The van der Waals surface area contributed by atoms with Crippen LogP contribution in [0.1, 0.15) is 36.1 Å². The lowest BCUT2D eigenvalue weighted by atomic mass is 9.82. The van der Waals surface area contributed by atoms with Gasteiger partial charge in [-0.3, -0.25) is 14.6 Å². The Bertz CT molecular complexity index is 1150. The summed E-state index contributed by atoms with van der Waals surface area (Å²) in [7, 11) is 0. The van der Waals surface area contributed by atoms with Crippen LogP contribution in [0, 0.1) is 19.8 Å². The molecule has 0 spiro atoms. The summed E-state index contributed by atoms with van der Waals surface area (Å²) in [4.78, 5) is 32.0. The van der Waals surface area contributed by atoms with Crippen LogP contribution in [-0.4, -0.2) is 23.1 Å². The minimum Gasteiger partial charge on any atom is -0.325 e. The Balaban J connectivity index is 1.73. The molecule has 2 amide bonds. The number of benzene rings is 3. The van der Waals surface area contributed by atoms with Gasteiger partial charge in [-0.1, -0.05) is 59.7 Å².